The first-order valence-electron chi connectivity index (χ1n) is 18.3. The van der Waals surface area contributed by atoms with E-state index in [1.165, 1.54) is 87.3 Å². The van der Waals surface area contributed by atoms with Crippen LogP contribution in [0.15, 0.2) is 28.6 Å². The first kappa shape index (κ1) is 40.0. The van der Waals surface area contributed by atoms with Crippen molar-refractivity contribution in [1.29, 1.82) is 0 Å². The summed E-state index contributed by atoms with van der Waals surface area (Å²) in [5, 5.41) is 8.48. The van der Waals surface area contributed by atoms with E-state index in [4.69, 9.17) is 4.98 Å². The number of nitrogens with zero attached hydrogens (tertiary/aromatic N) is 1. The summed E-state index contributed by atoms with van der Waals surface area (Å²) in [5.41, 5.74) is 0.877. The van der Waals surface area contributed by atoms with Crippen LogP contribution in [0.5, 0.6) is 0 Å². The molecule has 1 aromatic carbocycles. The molecule has 2 atom stereocenters. The Balaban J connectivity index is 2.13. The zero-order valence-electron chi connectivity index (χ0n) is 29.0. The minimum absolute atomic E-state index is 0.0227. The van der Waals surface area contributed by atoms with Crippen LogP contribution in [0.4, 0.5) is 0 Å². The lowest BCUT2D eigenvalue weighted by atomic mass is 9.98. The van der Waals surface area contributed by atoms with E-state index >= 15 is 0 Å². The molecule has 46 heavy (non-hydrogen) atoms. The highest BCUT2D eigenvalue weighted by Gasteiger charge is 2.37. The summed E-state index contributed by atoms with van der Waals surface area (Å²) in [6.07, 6.45) is 20.4. The summed E-state index contributed by atoms with van der Waals surface area (Å²) in [4.78, 5) is 45.6. The minimum atomic E-state index is -0.800. The van der Waals surface area contributed by atoms with Crippen molar-refractivity contribution in [3.63, 3.8) is 0 Å². The Morgan fingerprint density at radius 1 is 0.652 bits per heavy atom. The van der Waals surface area contributed by atoms with E-state index in [1.807, 2.05) is 24.3 Å². The molecule has 0 aliphatic rings. The largest absolute Gasteiger partial charge is 0.356 e. The van der Waals surface area contributed by atoms with Crippen molar-refractivity contribution in [3.05, 3.63) is 24.3 Å². The number of nitrogens with one attached hydrogen (secondary N) is 3. The fourth-order valence-electron chi connectivity index (χ4n) is 5.54. The zero-order valence-corrected chi connectivity index (χ0v) is 30.6. The fourth-order valence-corrected chi connectivity index (χ4v) is 7.95. The van der Waals surface area contributed by atoms with Crippen LogP contribution in [-0.4, -0.2) is 47.6 Å². The first-order chi connectivity index (χ1) is 22.5. The molecule has 7 nitrogen and oxygen atoms in total. The molecule has 0 saturated carbocycles. The SMILES string of the molecule is CCCCCCCCNC(=O)CC(C(=O)NCCCCCCCC)C(Sc1nc2ccccc2s1)C(=O)NCCCCCCCC. The number of benzene rings is 1. The van der Waals surface area contributed by atoms with Crippen molar-refractivity contribution in [2.45, 2.75) is 152 Å². The zero-order chi connectivity index (χ0) is 33.2. The second-order valence-corrected chi connectivity index (χ2v) is 15.0. The van der Waals surface area contributed by atoms with Crippen LogP contribution in [0.3, 0.4) is 0 Å². The lowest BCUT2D eigenvalue weighted by Crippen LogP contribution is -2.46. The summed E-state index contributed by atoms with van der Waals surface area (Å²) in [5.74, 6) is -1.39. The van der Waals surface area contributed by atoms with E-state index < -0.39 is 11.2 Å². The van der Waals surface area contributed by atoms with E-state index in [2.05, 4.69) is 36.7 Å². The Hall–Kier alpha value is -2.13. The number of carbonyl (C=O) groups is 3. The number of thiazole rings is 1. The van der Waals surface area contributed by atoms with Gasteiger partial charge in [-0.3, -0.25) is 14.4 Å². The highest BCUT2D eigenvalue weighted by atomic mass is 32.2. The molecule has 1 aromatic heterocycles. The normalized spacial score (nSPS) is 12.6. The molecule has 2 aromatic rings. The molecule has 0 saturated heterocycles. The average molecular weight is 675 g/mol. The number of aromatic nitrogens is 1. The lowest BCUT2D eigenvalue weighted by Gasteiger charge is -2.24. The predicted molar refractivity (Wildman–Crippen MR) is 197 cm³/mol. The maximum Gasteiger partial charge on any atom is 0.234 e. The summed E-state index contributed by atoms with van der Waals surface area (Å²) in [6.45, 7) is 8.33. The molecule has 0 aliphatic heterocycles. The molecule has 1 heterocycles. The van der Waals surface area contributed by atoms with Gasteiger partial charge in [0.15, 0.2) is 4.34 Å². The van der Waals surface area contributed by atoms with Crippen LogP contribution in [0.25, 0.3) is 10.2 Å². The Kier molecular flexibility index (Phi) is 22.5. The van der Waals surface area contributed by atoms with Gasteiger partial charge in [0, 0.05) is 26.1 Å². The number of rotatable bonds is 28. The molecule has 0 fully saturated rings. The van der Waals surface area contributed by atoms with Gasteiger partial charge in [-0.15, -0.1) is 11.3 Å². The van der Waals surface area contributed by atoms with Gasteiger partial charge in [0.1, 0.15) is 5.25 Å². The summed E-state index contributed by atoms with van der Waals surface area (Å²) >= 11 is 2.85. The van der Waals surface area contributed by atoms with Gasteiger partial charge in [-0.05, 0) is 31.4 Å². The van der Waals surface area contributed by atoms with E-state index in [0.29, 0.717) is 19.6 Å². The van der Waals surface area contributed by atoms with Crippen molar-refractivity contribution >= 4 is 51.0 Å². The maximum atomic E-state index is 13.8. The Morgan fingerprint density at radius 2 is 1.13 bits per heavy atom. The van der Waals surface area contributed by atoms with Gasteiger partial charge in [0.05, 0.1) is 16.1 Å². The standard InChI is InChI=1S/C37H62N4O3S2/c1-4-7-10-13-16-21-26-38-33(42)29-30(35(43)39-27-22-17-14-11-8-5-2)34(36(44)40-28-23-18-15-12-9-6-3)46-37-41-31-24-19-20-25-32(31)45-37/h19-20,24-25,30,34H,4-18,21-23,26-29H2,1-3H3,(H,38,42)(H,39,43)(H,40,44). The molecule has 0 spiro atoms. The Labute approximate surface area is 287 Å². The molecule has 0 bridgehead atoms. The minimum Gasteiger partial charge on any atom is -0.356 e. The molecule has 2 unspecified atom stereocenters. The van der Waals surface area contributed by atoms with Crippen molar-refractivity contribution in [2.24, 2.45) is 5.92 Å². The van der Waals surface area contributed by atoms with Crippen molar-refractivity contribution in [2.75, 3.05) is 19.6 Å². The maximum absolute atomic E-state index is 13.8. The molecule has 3 N–H and O–H groups in total. The average Bonchev–Trinajstić information content (AvgIpc) is 3.47. The summed E-state index contributed by atoms with van der Waals surface area (Å²) < 4.78 is 1.78. The van der Waals surface area contributed by atoms with Crippen molar-refractivity contribution < 1.29 is 14.4 Å². The number of amides is 3. The Bertz CT molecular complexity index is 1080. The smallest absolute Gasteiger partial charge is 0.234 e. The highest BCUT2D eigenvalue weighted by Crippen LogP contribution is 2.36. The molecular weight excluding hydrogens is 613 g/mol. The number of fused-ring (bicyclic) bond motifs is 1. The van der Waals surface area contributed by atoms with Crippen LogP contribution in [0.1, 0.15) is 143 Å². The molecule has 0 radical (unpaired) electrons. The van der Waals surface area contributed by atoms with Gasteiger partial charge in [0.2, 0.25) is 17.7 Å². The van der Waals surface area contributed by atoms with Gasteiger partial charge < -0.3 is 16.0 Å². The van der Waals surface area contributed by atoms with Crippen molar-refractivity contribution in [1.82, 2.24) is 20.9 Å². The van der Waals surface area contributed by atoms with E-state index in [0.717, 1.165) is 65.9 Å². The number of hydrogen-bond donors (Lipinski definition) is 3. The van der Waals surface area contributed by atoms with Gasteiger partial charge >= 0.3 is 0 Å². The molecule has 2 rings (SSSR count). The van der Waals surface area contributed by atoms with E-state index in [-0.39, 0.29) is 24.1 Å². The van der Waals surface area contributed by atoms with Crippen molar-refractivity contribution in [3.8, 4) is 0 Å². The second kappa shape index (κ2) is 25.9. The van der Waals surface area contributed by atoms with E-state index in [9.17, 15) is 14.4 Å². The molecule has 3 amide bonds. The monoisotopic (exact) mass is 674 g/mol. The molecular formula is C37H62N4O3S2. The fraction of sp³-hybridized carbons (Fsp3) is 0.730. The topological polar surface area (TPSA) is 100 Å². The van der Waals surface area contributed by atoms with Crippen LogP contribution < -0.4 is 16.0 Å². The van der Waals surface area contributed by atoms with Crippen LogP contribution >= 0.6 is 23.1 Å². The lowest BCUT2D eigenvalue weighted by molar-refractivity contribution is -0.133. The summed E-state index contributed by atoms with van der Waals surface area (Å²) in [7, 11) is 0. The van der Waals surface area contributed by atoms with Crippen LogP contribution in [0.2, 0.25) is 0 Å². The molecule has 0 aliphatic carbocycles. The highest BCUT2D eigenvalue weighted by molar-refractivity contribution is 8.02. The number of para-hydroxylation sites is 1. The predicted octanol–water partition coefficient (Wildman–Crippen LogP) is 9.19. The Morgan fingerprint density at radius 3 is 1.67 bits per heavy atom. The number of unbranched alkanes of at least 4 members (excludes halogenated alkanes) is 15. The summed E-state index contributed by atoms with van der Waals surface area (Å²) in [6, 6.07) is 7.91. The number of thioether (sulfide) groups is 1. The quantitative estimate of drug-likeness (QED) is 0.0617. The number of hydrogen-bond acceptors (Lipinski definition) is 6. The molecule has 9 heteroatoms. The number of carbonyl (C=O) groups excluding carboxylic acids is 3. The molecule has 260 valence electrons. The third-order valence-electron chi connectivity index (χ3n) is 8.38. The van der Waals surface area contributed by atoms with Gasteiger partial charge in [-0.1, -0.05) is 141 Å². The van der Waals surface area contributed by atoms with Crippen LogP contribution in [0, 0.1) is 5.92 Å². The first-order valence-corrected chi connectivity index (χ1v) is 20.0. The second-order valence-electron chi connectivity index (χ2n) is 12.5. The van der Waals surface area contributed by atoms with Gasteiger partial charge in [0.25, 0.3) is 0 Å². The van der Waals surface area contributed by atoms with Crippen LogP contribution in [-0.2, 0) is 14.4 Å². The van der Waals surface area contributed by atoms with Gasteiger partial charge in [-0.25, -0.2) is 4.98 Å². The third-order valence-corrected chi connectivity index (χ3v) is 10.8. The third kappa shape index (κ3) is 17.1. The van der Waals surface area contributed by atoms with Gasteiger partial charge in [-0.2, -0.15) is 0 Å². The van der Waals surface area contributed by atoms with E-state index in [1.54, 1.807) is 0 Å².